The third-order valence-corrected chi connectivity index (χ3v) is 6.07. The summed E-state index contributed by atoms with van der Waals surface area (Å²) < 4.78 is 2.52. The number of unbranched alkanes of at least 4 members (excludes halogenated alkanes) is 1. The van der Waals surface area contributed by atoms with Crippen molar-refractivity contribution in [2.24, 2.45) is 0 Å². The maximum Gasteiger partial charge on any atom is 0.331 e. The Labute approximate surface area is 205 Å². The minimum atomic E-state index is -0.514. The Hall–Kier alpha value is -3.68. The van der Waals surface area contributed by atoms with Crippen LogP contribution in [0.1, 0.15) is 45.1 Å². The van der Waals surface area contributed by atoms with Gasteiger partial charge in [-0.3, -0.25) is 23.5 Å². The molecule has 3 rings (SSSR count). The highest BCUT2D eigenvalue weighted by atomic mass is 16.2. The quantitative estimate of drug-likeness (QED) is 0.391. The number of hydrogen-bond acceptors (Lipinski definition) is 4. The van der Waals surface area contributed by atoms with Gasteiger partial charge in [0.05, 0.1) is 10.9 Å². The van der Waals surface area contributed by atoms with Crippen LogP contribution in [0, 0.1) is 0 Å². The molecule has 186 valence electrons. The Balaban J connectivity index is 1.62. The highest BCUT2D eigenvalue weighted by Crippen LogP contribution is 2.08. The lowest BCUT2D eigenvalue weighted by molar-refractivity contribution is -0.122. The van der Waals surface area contributed by atoms with Crippen molar-refractivity contribution in [3.05, 3.63) is 81.0 Å². The standard InChI is InChI=1S/C27H34N4O4/c1-3-20(2)29-25(33)19-31-23-14-8-7-13-22(23)26(34)30(27(31)35)18-10-9-15-24(32)28-17-16-21-11-5-4-6-12-21/h4-8,11-14,20H,3,9-10,15-19H2,1-2H3,(H,28,32)(H,29,33). The Morgan fingerprint density at radius 2 is 1.63 bits per heavy atom. The van der Waals surface area contributed by atoms with Crippen molar-refractivity contribution in [3.8, 4) is 0 Å². The van der Waals surface area contributed by atoms with Crippen molar-refractivity contribution in [1.82, 2.24) is 19.8 Å². The SMILES string of the molecule is CCC(C)NC(=O)Cn1c(=O)n(CCCCC(=O)NCCc2ccccc2)c(=O)c2ccccc21. The first-order chi connectivity index (χ1) is 16.9. The van der Waals surface area contributed by atoms with Crippen molar-refractivity contribution < 1.29 is 9.59 Å². The summed E-state index contributed by atoms with van der Waals surface area (Å²) >= 11 is 0. The van der Waals surface area contributed by atoms with Crippen LogP contribution in [0.2, 0.25) is 0 Å². The molecule has 35 heavy (non-hydrogen) atoms. The third-order valence-electron chi connectivity index (χ3n) is 6.07. The zero-order valence-corrected chi connectivity index (χ0v) is 20.5. The van der Waals surface area contributed by atoms with Gasteiger partial charge in [0.15, 0.2) is 0 Å². The number of para-hydroxylation sites is 1. The number of benzene rings is 2. The number of rotatable bonds is 12. The molecule has 1 unspecified atom stereocenters. The van der Waals surface area contributed by atoms with E-state index in [1.54, 1.807) is 24.3 Å². The molecule has 2 aromatic carbocycles. The summed E-state index contributed by atoms with van der Waals surface area (Å²) in [6, 6.07) is 16.8. The Bertz CT molecular complexity index is 1260. The molecular weight excluding hydrogens is 444 g/mol. The Morgan fingerprint density at radius 3 is 2.37 bits per heavy atom. The average Bonchev–Trinajstić information content (AvgIpc) is 2.86. The van der Waals surface area contributed by atoms with E-state index < -0.39 is 5.69 Å². The van der Waals surface area contributed by atoms with Gasteiger partial charge in [0, 0.05) is 25.6 Å². The minimum Gasteiger partial charge on any atom is -0.356 e. The lowest BCUT2D eigenvalue weighted by Gasteiger charge is -2.16. The minimum absolute atomic E-state index is 0.00536. The number of carbonyl (C=O) groups excluding carboxylic acids is 2. The fraction of sp³-hybridized carbons (Fsp3) is 0.407. The summed E-state index contributed by atoms with van der Waals surface area (Å²) in [4.78, 5) is 50.8. The lowest BCUT2D eigenvalue weighted by Crippen LogP contribution is -2.43. The van der Waals surface area contributed by atoms with E-state index in [1.807, 2.05) is 44.2 Å². The molecule has 1 atom stereocenters. The van der Waals surface area contributed by atoms with Crippen LogP contribution in [0.15, 0.2) is 64.2 Å². The van der Waals surface area contributed by atoms with Crippen molar-refractivity contribution in [1.29, 1.82) is 0 Å². The van der Waals surface area contributed by atoms with Crippen molar-refractivity contribution in [2.45, 2.75) is 65.1 Å². The first-order valence-corrected chi connectivity index (χ1v) is 12.2. The molecule has 2 amide bonds. The number of nitrogens with one attached hydrogen (secondary N) is 2. The van der Waals surface area contributed by atoms with Gasteiger partial charge in [-0.2, -0.15) is 0 Å². The number of aromatic nitrogens is 2. The largest absolute Gasteiger partial charge is 0.356 e. The van der Waals surface area contributed by atoms with Crippen LogP contribution >= 0.6 is 0 Å². The van der Waals surface area contributed by atoms with Gasteiger partial charge < -0.3 is 10.6 Å². The molecule has 0 radical (unpaired) electrons. The zero-order valence-electron chi connectivity index (χ0n) is 20.5. The predicted molar refractivity (Wildman–Crippen MR) is 137 cm³/mol. The first-order valence-electron chi connectivity index (χ1n) is 12.2. The van der Waals surface area contributed by atoms with Crippen LogP contribution in [0.25, 0.3) is 10.9 Å². The smallest absolute Gasteiger partial charge is 0.331 e. The molecule has 0 spiro atoms. The van der Waals surface area contributed by atoms with Crippen LogP contribution < -0.4 is 21.9 Å². The van der Waals surface area contributed by atoms with Gasteiger partial charge in [-0.25, -0.2) is 4.79 Å². The van der Waals surface area contributed by atoms with Crippen LogP contribution in [0.3, 0.4) is 0 Å². The van der Waals surface area contributed by atoms with E-state index in [1.165, 1.54) is 9.13 Å². The van der Waals surface area contributed by atoms with Crippen molar-refractivity contribution in [3.63, 3.8) is 0 Å². The molecule has 0 fully saturated rings. The molecule has 0 aliphatic rings. The van der Waals surface area contributed by atoms with Gasteiger partial charge in [-0.15, -0.1) is 0 Å². The summed E-state index contributed by atoms with van der Waals surface area (Å²) in [7, 11) is 0. The first kappa shape index (κ1) is 25.9. The Kier molecular flexibility index (Phi) is 9.40. The fourth-order valence-corrected chi connectivity index (χ4v) is 3.92. The van der Waals surface area contributed by atoms with Crippen molar-refractivity contribution >= 4 is 22.7 Å². The highest BCUT2D eigenvalue weighted by Gasteiger charge is 2.16. The van der Waals surface area contributed by atoms with Gasteiger partial charge in [0.1, 0.15) is 6.54 Å². The predicted octanol–water partition coefficient (Wildman–Crippen LogP) is 2.61. The van der Waals surface area contributed by atoms with E-state index >= 15 is 0 Å². The molecule has 0 saturated carbocycles. The van der Waals surface area contributed by atoms with Crippen LogP contribution in [0.4, 0.5) is 0 Å². The summed E-state index contributed by atoms with van der Waals surface area (Å²) in [6.07, 6.45) is 2.91. The van der Waals surface area contributed by atoms with Gasteiger partial charge in [0.2, 0.25) is 11.8 Å². The number of carbonyl (C=O) groups is 2. The molecule has 2 N–H and O–H groups in total. The average molecular weight is 479 g/mol. The van der Waals surface area contributed by atoms with E-state index in [-0.39, 0.29) is 36.5 Å². The summed E-state index contributed by atoms with van der Waals surface area (Å²) in [5.41, 5.74) is 0.713. The van der Waals surface area contributed by atoms with E-state index in [9.17, 15) is 19.2 Å². The van der Waals surface area contributed by atoms with E-state index in [0.717, 1.165) is 18.4 Å². The second kappa shape index (κ2) is 12.7. The second-order valence-electron chi connectivity index (χ2n) is 8.76. The number of hydrogen-bond donors (Lipinski definition) is 2. The molecule has 0 aliphatic carbocycles. The van der Waals surface area contributed by atoms with Crippen LogP contribution in [-0.2, 0) is 29.1 Å². The fourth-order valence-electron chi connectivity index (χ4n) is 3.92. The summed E-state index contributed by atoms with van der Waals surface area (Å²) in [5, 5.41) is 6.17. The van der Waals surface area contributed by atoms with Gasteiger partial charge >= 0.3 is 5.69 Å². The topological polar surface area (TPSA) is 102 Å². The maximum atomic E-state index is 13.2. The van der Waals surface area contributed by atoms with E-state index in [0.29, 0.717) is 36.7 Å². The maximum absolute atomic E-state index is 13.2. The molecule has 1 aromatic heterocycles. The highest BCUT2D eigenvalue weighted by molar-refractivity contribution is 5.81. The summed E-state index contributed by atoms with van der Waals surface area (Å²) in [6.45, 7) is 4.46. The van der Waals surface area contributed by atoms with Gasteiger partial charge in [-0.1, -0.05) is 49.4 Å². The Morgan fingerprint density at radius 1 is 0.914 bits per heavy atom. The normalized spacial score (nSPS) is 11.8. The monoisotopic (exact) mass is 478 g/mol. The molecular formula is C27H34N4O4. The molecule has 0 aliphatic heterocycles. The molecule has 8 heteroatoms. The van der Waals surface area contributed by atoms with Gasteiger partial charge in [-0.05, 0) is 50.3 Å². The zero-order chi connectivity index (χ0) is 25.2. The lowest BCUT2D eigenvalue weighted by atomic mass is 10.1. The number of nitrogens with zero attached hydrogens (tertiary/aromatic N) is 2. The molecule has 3 aromatic rings. The summed E-state index contributed by atoms with van der Waals surface area (Å²) in [5.74, 6) is -0.324. The van der Waals surface area contributed by atoms with Crippen LogP contribution in [-0.4, -0.2) is 33.5 Å². The molecule has 0 saturated heterocycles. The number of amides is 2. The van der Waals surface area contributed by atoms with Gasteiger partial charge in [0.25, 0.3) is 5.56 Å². The molecule has 1 heterocycles. The molecule has 8 nitrogen and oxygen atoms in total. The number of fused-ring (bicyclic) bond motifs is 1. The van der Waals surface area contributed by atoms with E-state index in [2.05, 4.69) is 10.6 Å². The van der Waals surface area contributed by atoms with Crippen molar-refractivity contribution in [2.75, 3.05) is 6.54 Å². The third kappa shape index (κ3) is 7.15. The van der Waals surface area contributed by atoms with Crippen LogP contribution in [0.5, 0.6) is 0 Å². The second-order valence-corrected chi connectivity index (χ2v) is 8.76. The van der Waals surface area contributed by atoms with E-state index in [4.69, 9.17) is 0 Å². The molecule has 0 bridgehead atoms.